The average Bonchev–Trinajstić information content (AvgIpc) is 2.20. The predicted molar refractivity (Wildman–Crippen MR) is 64.8 cm³/mol. The van der Waals surface area contributed by atoms with Crippen molar-refractivity contribution in [1.82, 2.24) is 4.90 Å². The van der Waals surface area contributed by atoms with E-state index in [1.165, 1.54) is 0 Å². The second kappa shape index (κ2) is 8.93. The molecule has 0 bridgehead atoms. The molecule has 1 unspecified atom stereocenters. The summed E-state index contributed by atoms with van der Waals surface area (Å²) in [5.41, 5.74) is 0. The van der Waals surface area contributed by atoms with Crippen molar-refractivity contribution < 1.29 is 14.3 Å². The molecule has 0 fully saturated rings. The summed E-state index contributed by atoms with van der Waals surface area (Å²) in [5.74, 6) is 0.179. The third-order valence-electron chi connectivity index (χ3n) is 2.42. The number of rotatable bonds is 9. The van der Waals surface area contributed by atoms with Gasteiger partial charge in [-0.3, -0.25) is 9.69 Å². The Kier molecular flexibility index (Phi) is 8.84. The Hall–Kier alpha value is -0.160. The van der Waals surface area contributed by atoms with Gasteiger partial charge in [-0.05, 0) is 17.5 Å². The number of hydrogen-bond donors (Lipinski definition) is 0. The molecular formula is C11H22ClNO3. The lowest BCUT2D eigenvalue weighted by atomic mass is 10.0. The van der Waals surface area contributed by atoms with Crippen LogP contribution in [0.3, 0.4) is 0 Å². The molecule has 0 N–H and O–H groups in total. The lowest BCUT2D eigenvalue weighted by Gasteiger charge is -2.31. The van der Waals surface area contributed by atoms with E-state index < -0.39 is 0 Å². The lowest BCUT2D eigenvalue weighted by Crippen LogP contribution is -2.46. The minimum Gasteiger partial charge on any atom is -0.383 e. The van der Waals surface area contributed by atoms with E-state index in [0.717, 1.165) is 0 Å². The first-order valence-electron chi connectivity index (χ1n) is 5.45. The molecule has 0 rings (SSSR count). The summed E-state index contributed by atoms with van der Waals surface area (Å²) in [5, 5.41) is -0.317. The fraction of sp³-hybridized carbons (Fsp3) is 0.909. The van der Waals surface area contributed by atoms with Gasteiger partial charge in [0.2, 0.25) is 5.24 Å². The molecule has 0 aliphatic carbocycles. The molecule has 0 saturated carbocycles. The van der Waals surface area contributed by atoms with E-state index >= 15 is 0 Å². The van der Waals surface area contributed by atoms with Crippen LogP contribution in [0, 0.1) is 5.92 Å². The summed E-state index contributed by atoms with van der Waals surface area (Å²) < 4.78 is 10.1. The lowest BCUT2D eigenvalue weighted by molar-refractivity contribution is -0.118. The number of carbonyl (C=O) groups excluding carboxylic acids is 1. The minimum absolute atomic E-state index is 0.179. The Balaban J connectivity index is 4.46. The Morgan fingerprint density at radius 1 is 1.19 bits per heavy atom. The summed E-state index contributed by atoms with van der Waals surface area (Å²) in [6, 6.07) is -0.271. The molecule has 16 heavy (non-hydrogen) atoms. The molecule has 1 atom stereocenters. The number of ether oxygens (including phenoxy) is 2. The number of methoxy groups -OCH3 is 2. The van der Waals surface area contributed by atoms with Crippen LogP contribution in [0.1, 0.15) is 13.8 Å². The molecule has 5 heteroatoms. The second-order valence-electron chi connectivity index (χ2n) is 4.01. The molecule has 0 amide bonds. The van der Waals surface area contributed by atoms with E-state index in [1.54, 1.807) is 14.2 Å². The molecule has 0 aliphatic heterocycles. The smallest absolute Gasteiger partial charge is 0.239 e. The van der Waals surface area contributed by atoms with Gasteiger partial charge in [-0.2, -0.15) is 0 Å². The molecular weight excluding hydrogens is 230 g/mol. The van der Waals surface area contributed by atoms with Crippen molar-refractivity contribution in [2.24, 2.45) is 5.92 Å². The number of halogens is 1. The van der Waals surface area contributed by atoms with E-state index in [-0.39, 0.29) is 17.2 Å². The Morgan fingerprint density at radius 3 is 1.88 bits per heavy atom. The summed E-state index contributed by atoms with van der Waals surface area (Å²) in [6.45, 7) is 6.49. The molecule has 96 valence electrons. The molecule has 4 nitrogen and oxygen atoms in total. The van der Waals surface area contributed by atoms with Gasteiger partial charge in [0, 0.05) is 27.3 Å². The van der Waals surface area contributed by atoms with E-state index in [4.69, 9.17) is 21.1 Å². The molecule has 0 aromatic heterocycles. The summed E-state index contributed by atoms with van der Waals surface area (Å²) in [6.07, 6.45) is 0. The maximum absolute atomic E-state index is 11.4. The highest BCUT2D eigenvalue weighted by Crippen LogP contribution is 2.13. The molecule has 0 radical (unpaired) electrons. The third kappa shape index (κ3) is 5.80. The Labute approximate surface area is 103 Å². The highest BCUT2D eigenvalue weighted by atomic mass is 35.5. The monoisotopic (exact) mass is 251 g/mol. The van der Waals surface area contributed by atoms with Crippen molar-refractivity contribution in [3.05, 3.63) is 0 Å². The Bertz CT molecular complexity index is 192. The fourth-order valence-electron chi connectivity index (χ4n) is 1.63. The first-order chi connectivity index (χ1) is 7.54. The van der Waals surface area contributed by atoms with Gasteiger partial charge >= 0.3 is 0 Å². The molecule has 0 aliphatic rings. The number of nitrogens with zero attached hydrogens (tertiary/aromatic N) is 1. The summed E-state index contributed by atoms with van der Waals surface area (Å²) >= 11 is 5.63. The predicted octanol–water partition coefficient (Wildman–Crippen LogP) is 1.37. The van der Waals surface area contributed by atoms with E-state index in [0.29, 0.717) is 26.3 Å². The van der Waals surface area contributed by atoms with Crippen molar-refractivity contribution >= 4 is 16.8 Å². The molecule has 0 heterocycles. The first kappa shape index (κ1) is 15.8. The van der Waals surface area contributed by atoms with E-state index in [1.807, 2.05) is 18.7 Å². The van der Waals surface area contributed by atoms with Crippen LogP contribution in [0.15, 0.2) is 0 Å². The van der Waals surface area contributed by atoms with E-state index in [2.05, 4.69) is 0 Å². The van der Waals surface area contributed by atoms with Gasteiger partial charge in [0.25, 0.3) is 0 Å². The maximum Gasteiger partial charge on any atom is 0.239 e. The van der Waals surface area contributed by atoms with Gasteiger partial charge in [0.05, 0.1) is 19.3 Å². The zero-order chi connectivity index (χ0) is 12.6. The molecule has 0 aromatic carbocycles. The highest BCUT2D eigenvalue weighted by molar-refractivity contribution is 6.64. The number of carbonyl (C=O) groups is 1. The maximum atomic E-state index is 11.4. The van der Waals surface area contributed by atoms with Gasteiger partial charge in [-0.15, -0.1) is 0 Å². The van der Waals surface area contributed by atoms with Crippen molar-refractivity contribution in [1.29, 1.82) is 0 Å². The second-order valence-corrected chi connectivity index (χ2v) is 4.39. The van der Waals surface area contributed by atoms with Crippen LogP contribution < -0.4 is 0 Å². The van der Waals surface area contributed by atoms with Gasteiger partial charge in [-0.25, -0.2) is 0 Å². The molecule has 0 saturated heterocycles. The van der Waals surface area contributed by atoms with Crippen LogP contribution in [0.5, 0.6) is 0 Å². The van der Waals surface area contributed by atoms with E-state index in [9.17, 15) is 4.79 Å². The van der Waals surface area contributed by atoms with Gasteiger partial charge < -0.3 is 9.47 Å². The topological polar surface area (TPSA) is 38.8 Å². The van der Waals surface area contributed by atoms with Crippen molar-refractivity contribution in [3.8, 4) is 0 Å². The highest BCUT2D eigenvalue weighted by Gasteiger charge is 2.27. The molecule has 0 spiro atoms. The van der Waals surface area contributed by atoms with Crippen LogP contribution in [0.25, 0.3) is 0 Å². The summed E-state index contributed by atoms with van der Waals surface area (Å²) in [7, 11) is 3.28. The third-order valence-corrected chi connectivity index (χ3v) is 2.65. The van der Waals surface area contributed by atoms with Gasteiger partial charge in [0.15, 0.2) is 0 Å². The standard InChI is InChI=1S/C11H22ClNO3/c1-9(2)10(11(12)14)13(5-7-15-3)6-8-16-4/h9-10H,5-8H2,1-4H3. The van der Waals surface area contributed by atoms with Crippen molar-refractivity contribution in [2.45, 2.75) is 19.9 Å². The largest absolute Gasteiger partial charge is 0.383 e. The summed E-state index contributed by atoms with van der Waals surface area (Å²) in [4.78, 5) is 13.4. The zero-order valence-corrected chi connectivity index (χ0v) is 11.3. The van der Waals surface area contributed by atoms with Crippen LogP contribution in [0.4, 0.5) is 0 Å². The van der Waals surface area contributed by atoms with Crippen LogP contribution >= 0.6 is 11.6 Å². The van der Waals surface area contributed by atoms with Crippen LogP contribution in [-0.4, -0.2) is 56.7 Å². The normalized spacial score (nSPS) is 13.4. The van der Waals surface area contributed by atoms with Gasteiger partial charge in [0.1, 0.15) is 0 Å². The Morgan fingerprint density at radius 2 is 1.62 bits per heavy atom. The van der Waals surface area contributed by atoms with Crippen molar-refractivity contribution in [3.63, 3.8) is 0 Å². The quantitative estimate of drug-likeness (QED) is 0.581. The zero-order valence-electron chi connectivity index (χ0n) is 10.5. The average molecular weight is 252 g/mol. The first-order valence-corrected chi connectivity index (χ1v) is 5.83. The van der Waals surface area contributed by atoms with Crippen LogP contribution in [-0.2, 0) is 14.3 Å². The number of hydrogen-bond acceptors (Lipinski definition) is 4. The van der Waals surface area contributed by atoms with Gasteiger partial charge in [-0.1, -0.05) is 13.8 Å². The fourth-order valence-corrected chi connectivity index (χ4v) is 2.02. The van der Waals surface area contributed by atoms with Crippen LogP contribution in [0.2, 0.25) is 0 Å². The SMILES string of the molecule is COCCN(CCOC)C(C(=O)Cl)C(C)C. The minimum atomic E-state index is -0.317. The molecule has 0 aromatic rings. The van der Waals surface area contributed by atoms with Crippen molar-refractivity contribution in [2.75, 3.05) is 40.5 Å².